The molecule has 0 aliphatic heterocycles. The standard InChI is InChI=1S/2C7H6Br.Zn/c2*1-6-3-2-4-7(8)5-6;/h2*2-5H,1H2;/q2*-1;+2. The Morgan fingerprint density at radius 1 is 0.706 bits per heavy atom. The van der Waals surface area contributed by atoms with Crippen LogP contribution in [0.4, 0.5) is 0 Å². The molecule has 0 aliphatic rings. The van der Waals surface area contributed by atoms with Gasteiger partial charge in [-0.2, -0.15) is 37.1 Å². The van der Waals surface area contributed by atoms with Gasteiger partial charge in [0, 0.05) is 0 Å². The van der Waals surface area contributed by atoms with Crippen LogP contribution >= 0.6 is 31.9 Å². The van der Waals surface area contributed by atoms with E-state index in [1.165, 1.54) is 0 Å². The first-order chi connectivity index (χ1) is 7.58. The van der Waals surface area contributed by atoms with Crippen LogP contribution < -0.4 is 0 Å². The summed E-state index contributed by atoms with van der Waals surface area (Å²) < 4.78 is 2.18. The van der Waals surface area contributed by atoms with Crippen LogP contribution in [-0.2, 0) is 19.5 Å². The Hall–Kier alpha value is -0.237. The summed E-state index contributed by atoms with van der Waals surface area (Å²) >= 11 is 6.64. The van der Waals surface area contributed by atoms with Gasteiger partial charge < -0.3 is 0 Å². The normalized spacial score (nSPS) is 8.59. The first-order valence-electron chi connectivity index (χ1n) is 4.73. The first kappa shape index (κ1) is 16.8. The van der Waals surface area contributed by atoms with E-state index in [0.717, 1.165) is 20.1 Å². The summed E-state index contributed by atoms with van der Waals surface area (Å²) in [4.78, 5) is 0. The Bertz CT molecular complexity index is 377. The topological polar surface area (TPSA) is 0 Å². The van der Waals surface area contributed by atoms with Gasteiger partial charge in [0.05, 0.1) is 0 Å². The number of benzene rings is 2. The summed E-state index contributed by atoms with van der Waals surface area (Å²) in [7, 11) is 0. The van der Waals surface area contributed by atoms with Crippen LogP contribution in [0.1, 0.15) is 11.1 Å². The molecule has 84 valence electrons. The van der Waals surface area contributed by atoms with E-state index in [1.54, 1.807) is 0 Å². The van der Waals surface area contributed by atoms with E-state index in [9.17, 15) is 0 Å². The number of halogens is 2. The molecule has 0 aromatic heterocycles. The molecule has 0 spiro atoms. The molecule has 2 rings (SSSR count). The van der Waals surface area contributed by atoms with Gasteiger partial charge in [-0.25, -0.2) is 0 Å². The van der Waals surface area contributed by atoms with Crippen molar-refractivity contribution in [2.45, 2.75) is 0 Å². The van der Waals surface area contributed by atoms with Gasteiger partial charge in [-0.05, 0) is 8.95 Å². The second-order valence-corrected chi connectivity index (χ2v) is 5.09. The fourth-order valence-corrected chi connectivity index (χ4v) is 1.97. The molecule has 3 heteroatoms. The summed E-state index contributed by atoms with van der Waals surface area (Å²) in [5.41, 5.74) is 2.08. The quantitative estimate of drug-likeness (QED) is 0.414. The third kappa shape index (κ3) is 7.64. The molecule has 0 aliphatic carbocycles. The smallest absolute Gasteiger partial charge is 0.199 e. The van der Waals surface area contributed by atoms with E-state index in [1.807, 2.05) is 48.5 Å². The third-order valence-corrected chi connectivity index (χ3v) is 2.76. The van der Waals surface area contributed by atoms with Gasteiger partial charge in [0.1, 0.15) is 0 Å². The summed E-state index contributed by atoms with van der Waals surface area (Å²) in [6.07, 6.45) is 0. The zero-order valence-electron chi connectivity index (χ0n) is 9.50. The SMILES string of the molecule is [CH2-]c1cccc(Br)c1.[CH2-]c1cccc(Br)c1.[Zn+2]. The third-order valence-electron chi connectivity index (χ3n) is 1.78. The summed E-state index contributed by atoms with van der Waals surface area (Å²) in [6, 6.07) is 15.8. The van der Waals surface area contributed by atoms with Crippen molar-refractivity contribution >= 4 is 31.9 Å². The van der Waals surface area contributed by atoms with Gasteiger partial charge in [-0.1, -0.05) is 44.0 Å². The molecule has 0 saturated heterocycles. The van der Waals surface area contributed by atoms with E-state index >= 15 is 0 Å². The van der Waals surface area contributed by atoms with Crippen molar-refractivity contribution in [3.8, 4) is 0 Å². The van der Waals surface area contributed by atoms with Crippen molar-refractivity contribution in [1.29, 1.82) is 0 Å². The Morgan fingerprint density at radius 2 is 1.06 bits per heavy atom. The maximum Gasteiger partial charge on any atom is 2.00 e. The van der Waals surface area contributed by atoms with Crippen molar-refractivity contribution in [3.63, 3.8) is 0 Å². The molecular weight excluding hydrogens is 393 g/mol. The van der Waals surface area contributed by atoms with Crippen LogP contribution in [0.3, 0.4) is 0 Å². The van der Waals surface area contributed by atoms with Crippen LogP contribution in [0.25, 0.3) is 0 Å². The molecule has 0 bridgehead atoms. The Morgan fingerprint density at radius 3 is 1.24 bits per heavy atom. The molecule has 2 aromatic carbocycles. The van der Waals surface area contributed by atoms with Gasteiger partial charge in [-0.15, -0.1) is 24.3 Å². The van der Waals surface area contributed by atoms with E-state index in [-0.39, 0.29) is 19.5 Å². The molecule has 0 heterocycles. The average molecular weight is 405 g/mol. The maximum atomic E-state index is 3.75. The molecule has 0 radical (unpaired) electrons. The molecule has 0 fully saturated rings. The van der Waals surface area contributed by atoms with Crippen molar-refractivity contribution in [1.82, 2.24) is 0 Å². The van der Waals surface area contributed by atoms with Gasteiger partial charge in [-0.3, -0.25) is 0 Å². The zero-order chi connectivity index (χ0) is 12.0. The first-order valence-corrected chi connectivity index (χ1v) is 6.31. The molecular formula is C14H12Br2Zn. The minimum absolute atomic E-state index is 0. The monoisotopic (exact) mass is 402 g/mol. The van der Waals surface area contributed by atoms with Crippen molar-refractivity contribution < 1.29 is 19.5 Å². The van der Waals surface area contributed by atoms with E-state index in [0.29, 0.717) is 0 Å². The summed E-state index contributed by atoms with van der Waals surface area (Å²) in [5, 5.41) is 0. The zero-order valence-corrected chi connectivity index (χ0v) is 15.6. The van der Waals surface area contributed by atoms with E-state index in [4.69, 9.17) is 0 Å². The summed E-state index contributed by atoms with van der Waals surface area (Å²) in [6.45, 7) is 7.50. The Kier molecular flexibility index (Phi) is 8.67. The Labute approximate surface area is 133 Å². The maximum absolute atomic E-state index is 3.75. The van der Waals surface area contributed by atoms with Crippen LogP contribution in [0.5, 0.6) is 0 Å². The number of rotatable bonds is 0. The minimum Gasteiger partial charge on any atom is -0.199 e. The average Bonchev–Trinajstić information content (AvgIpc) is 2.17. The van der Waals surface area contributed by atoms with Crippen molar-refractivity contribution in [2.75, 3.05) is 0 Å². The van der Waals surface area contributed by atoms with E-state index < -0.39 is 0 Å². The Balaban J connectivity index is 0.000000284. The van der Waals surface area contributed by atoms with Gasteiger partial charge in [0.25, 0.3) is 0 Å². The van der Waals surface area contributed by atoms with Crippen molar-refractivity contribution in [3.05, 3.63) is 82.5 Å². The van der Waals surface area contributed by atoms with Crippen LogP contribution in [-0.4, -0.2) is 0 Å². The predicted molar refractivity (Wildman–Crippen MR) is 77.2 cm³/mol. The largest absolute Gasteiger partial charge is 2.00 e. The summed E-state index contributed by atoms with van der Waals surface area (Å²) in [5.74, 6) is 0. The predicted octanol–water partition coefficient (Wildman–Crippen LogP) is 5.26. The fourth-order valence-electron chi connectivity index (χ4n) is 1.07. The molecule has 0 N–H and O–H groups in total. The second-order valence-electron chi connectivity index (χ2n) is 3.26. The van der Waals surface area contributed by atoms with Gasteiger partial charge in [0.15, 0.2) is 0 Å². The van der Waals surface area contributed by atoms with Crippen LogP contribution in [0, 0.1) is 13.8 Å². The molecule has 0 amide bonds. The molecule has 0 unspecified atom stereocenters. The van der Waals surface area contributed by atoms with Gasteiger partial charge in [0.2, 0.25) is 0 Å². The van der Waals surface area contributed by atoms with Crippen molar-refractivity contribution in [2.24, 2.45) is 0 Å². The molecule has 17 heavy (non-hydrogen) atoms. The number of hydrogen-bond acceptors (Lipinski definition) is 0. The minimum atomic E-state index is 0. The van der Waals surface area contributed by atoms with E-state index in [2.05, 4.69) is 45.7 Å². The van der Waals surface area contributed by atoms with Crippen LogP contribution in [0.15, 0.2) is 57.5 Å². The molecule has 0 atom stereocenters. The molecule has 2 aromatic rings. The molecule has 0 saturated carbocycles. The van der Waals surface area contributed by atoms with Gasteiger partial charge >= 0.3 is 19.5 Å². The fraction of sp³-hybridized carbons (Fsp3) is 0. The van der Waals surface area contributed by atoms with Crippen LogP contribution in [0.2, 0.25) is 0 Å². The molecule has 0 nitrogen and oxygen atoms in total. The second kappa shape index (κ2) is 8.80. The number of hydrogen-bond donors (Lipinski definition) is 0.